The Morgan fingerprint density at radius 1 is 1.44 bits per heavy atom. The summed E-state index contributed by atoms with van der Waals surface area (Å²) in [5, 5.41) is 0. The average Bonchev–Trinajstić information content (AvgIpc) is 2.58. The van der Waals surface area contributed by atoms with Gasteiger partial charge in [0, 0.05) is 14.8 Å². The summed E-state index contributed by atoms with van der Waals surface area (Å²) < 4.78 is 50.0. The van der Waals surface area contributed by atoms with Crippen LogP contribution < -0.4 is 5.90 Å². The molecule has 0 radical (unpaired) electrons. The van der Waals surface area contributed by atoms with E-state index in [9.17, 15) is 0 Å². The van der Waals surface area contributed by atoms with Crippen LogP contribution in [0.25, 0.3) is 0 Å². The van der Waals surface area contributed by atoms with E-state index < -0.39 is 0 Å². The van der Waals surface area contributed by atoms with Crippen LogP contribution >= 0.6 is 0 Å². The molecule has 2 heteroatoms. The summed E-state index contributed by atoms with van der Waals surface area (Å²) in [5.41, 5.74) is 1.10. The van der Waals surface area contributed by atoms with Gasteiger partial charge in [-0.05, 0) is 5.56 Å². The van der Waals surface area contributed by atoms with Crippen molar-refractivity contribution in [2.75, 3.05) is 0 Å². The highest BCUT2D eigenvalue weighted by molar-refractivity contribution is 5.13. The topological polar surface area (TPSA) is 35.2 Å². The second kappa shape index (κ2) is 3.22. The molecule has 0 saturated heterocycles. The molecule has 0 heterocycles. The minimum absolute atomic E-state index is 0.487. The van der Waals surface area contributed by atoms with E-state index in [-0.39, 0.29) is 0 Å². The van der Waals surface area contributed by atoms with E-state index in [2.05, 4.69) is 4.84 Å². The maximum atomic E-state index is 5.00. The van der Waals surface area contributed by atoms with E-state index in [1.54, 1.807) is 0 Å². The van der Waals surface area contributed by atoms with Crippen molar-refractivity contribution in [3.8, 4) is 0 Å². The highest BCUT2D eigenvalue weighted by atomic mass is 16.6. The number of benzene rings is 1. The van der Waals surface area contributed by atoms with Gasteiger partial charge in [-0.15, -0.1) is 0 Å². The Balaban J connectivity index is -0.0000000557. The van der Waals surface area contributed by atoms with Crippen molar-refractivity contribution in [1.82, 2.24) is 0 Å². The predicted octanol–water partition coefficient (Wildman–Crippen LogP) is 2.31. The molecule has 0 saturated carbocycles. The van der Waals surface area contributed by atoms with Crippen LogP contribution in [0.4, 0.5) is 0 Å². The number of hydrogen-bond acceptors (Lipinski definition) is 2. The van der Waals surface area contributed by atoms with Crippen LogP contribution in [0.5, 0.6) is 0 Å². The lowest BCUT2D eigenvalue weighted by molar-refractivity contribution is 0.124. The summed E-state index contributed by atoms with van der Waals surface area (Å²) in [6.07, 6.45) is 0. The molecule has 1 aromatic rings. The molecule has 0 bridgehead atoms. The van der Waals surface area contributed by atoms with Gasteiger partial charge in [0.2, 0.25) is 0 Å². The number of nitrogens with two attached hydrogens (primary N) is 1. The zero-order chi connectivity index (χ0) is 16.5. The fourth-order valence-corrected chi connectivity index (χ4v) is 0.670. The van der Waals surface area contributed by atoms with Crippen LogP contribution in [0.3, 0.4) is 0 Å². The second-order valence-corrected chi connectivity index (χ2v) is 1.80. The van der Waals surface area contributed by atoms with Gasteiger partial charge in [-0.3, -0.25) is 4.84 Å². The Morgan fingerprint density at radius 3 is 2.67 bits per heavy atom. The SMILES string of the molecule is NOCc1ccccc1.[2H][2H].[2H][2H].[2H][2H].[2H][2H].[2H][2H]. The lowest BCUT2D eigenvalue weighted by Gasteiger charge is -1.94. The lowest BCUT2D eigenvalue weighted by atomic mass is 10.2. The Kier molecular flexibility index (Phi) is 0.860. The van der Waals surface area contributed by atoms with Crippen LogP contribution in [0.2, 0.25) is 0 Å². The fourth-order valence-electron chi connectivity index (χ4n) is 0.670. The van der Waals surface area contributed by atoms with Gasteiger partial charge < -0.3 is 0 Å². The zero-order valence-corrected chi connectivity index (χ0v) is 5.08. The first-order valence-electron chi connectivity index (χ1n) is 7.79. The molecule has 1 rings (SSSR count). The molecule has 0 fully saturated rings. The first-order valence-corrected chi connectivity index (χ1v) is 2.79. The van der Waals surface area contributed by atoms with Gasteiger partial charge in [-0.2, -0.15) is 0 Å². The molecule has 9 heavy (non-hydrogen) atoms. The summed E-state index contributed by atoms with van der Waals surface area (Å²) in [6.45, 7) is 0.487. The van der Waals surface area contributed by atoms with E-state index in [1.807, 2.05) is 30.3 Å². The molecule has 0 aliphatic carbocycles. The summed E-state index contributed by atoms with van der Waals surface area (Å²) in [6, 6.07) is 9.79. The van der Waals surface area contributed by atoms with Crippen LogP contribution in [0.15, 0.2) is 30.3 Å². The molecule has 0 aromatic heterocycles. The van der Waals surface area contributed by atoms with E-state index in [1.165, 1.54) is 0 Å². The summed E-state index contributed by atoms with van der Waals surface area (Å²) >= 11 is 0. The summed E-state index contributed by atoms with van der Waals surface area (Å²) in [7, 11) is 0. The maximum absolute atomic E-state index is 5.00. The number of hydrogen-bond donors (Lipinski definition) is 1. The lowest BCUT2D eigenvalue weighted by Crippen LogP contribution is -1.97. The maximum Gasteiger partial charge on any atom is 0.0930 e. The van der Waals surface area contributed by atoms with Crippen LogP contribution in [0.1, 0.15) is 20.4 Å². The van der Waals surface area contributed by atoms with Crippen molar-refractivity contribution in [1.29, 1.82) is 0 Å². The fraction of sp³-hybridized carbons (Fsp3) is 0.143. The van der Waals surface area contributed by atoms with Gasteiger partial charge >= 0.3 is 0 Å². The molecule has 0 aliphatic heterocycles. The van der Waals surface area contributed by atoms with Gasteiger partial charge in [0.1, 0.15) is 0 Å². The van der Waals surface area contributed by atoms with Crippen LogP contribution in [-0.2, 0) is 11.4 Å². The molecule has 0 unspecified atom stereocenters. The third kappa shape index (κ3) is 1.83. The largest absolute Gasteiger partial charge is 0.300 e. The van der Waals surface area contributed by atoms with Crippen molar-refractivity contribution >= 4 is 0 Å². The van der Waals surface area contributed by atoms with E-state index in [0.717, 1.165) is 5.56 Å². The third-order valence-electron chi connectivity index (χ3n) is 1.09. The van der Waals surface area contributed by atoms with Gasteiger partial charge in [-0.25, -0.2) is 5.90 Å². The monoisotopic (exact) mass is 143 g/mol. The van der Waals surface area contributed by atoms with Crippen molar-refractivity contribution in [3.63, 3.8) is 0 Å². The highest BCUT2D eigenvalue weighted by Crippen LogP contribution is 1.97. The Morgan fingerprint density at radius 2 is 2.11 bits per heavy atom. The van der Waals surface area contributed by atoms with Crippen molar-refractivity contribution in [2.24, 2.45) is 5.90 Å². The predicted molar refractivity (Wildman–Crippen MR) is 46.0 cm³/mol. The molecule has 0 spiro atoms. The summed E-state index contributed by atoms with van der Waals surface area (Å²) in [4.78, 5) is 4.43. The van der Waals surface area contributed by atoms with E-state index in [0.29, 0.717) is 6.61 Å². The van der Waals surface area contributed by atoms with Crippen molar-refractivity contribution < 1.29 is 19.7 Å². The van der Waals surface area contributed by atoms with Crippen molar-refractivity contribution in [3.05, 3.63) is 35.9 Å². The molecular weight excluding hydrogens is 114 g/mol. The Bertz CT molecular complexity index is 181. The quantitative estimate of drug-likeness (QED) is 0.645. The number of rotatable bonds is 2. The molecule has 2 nitrogen and oxygen atoms in total. The molecule has 58 valence electrons. The first-order chi connectivity index (χ1) is 9.43. The van der Waals surface area contributed by atoms with Crippen molar-refractivity contribution in [2.45, 2.75) is 6.61 Å². The average molecular weight is 143 g/mol. The van der Waals surface area contributed by atoms with E-state index in [4.69, 9.17) is 20.7 Å². The Labute approximate surface area is 69.6 Å². The summed E-state index contributed by atoms with van der Waals surface area (Å²) in [5.74, 6) is 4.86. The minimum Gasteiger partial charge on any atom is -0.300 e. The van der Waals surface area contributed by atoms with E-state index >= 15 is 0 Å². The molecule has 0 amide bonds. The molecule has 0 aliphatic rings. The van der Waals surface area contributed by atoms with Crippen LogP contribution in [-0.4, -0.2) is 0 Å². The smallest absolute Gasteiger partial charge is 0.0930 e. The normalized spacial score (nSPS) is 13.9. The molecule has 1 aromatic carbocycles. The van der Waals surface area contributed by atoms with Gasteiger partial charge in [0.15, 0.2) is 0 Å². The molecule has 0 atom stereocenters. The second-order valence-electron chi connectivity index (χ2n) is 1.80. The van der Waals surface area contributed by atoms with Gasteiger partial charge in [-0.1, -0.05) is 30.3 Å². The third-order valence-corrected chi connectivity index (χ3v) is 1.09. The Hall–Kier alpha value is -0.860. The standard InChI is InChI=1S/C7H9NO.5H2/c8-9-6-7-4-2-1-3-5-7;;;;;/h1-5H,6,8H2;5*1H/i;5*1+1D. The van der Waals surface area contributed by atoms with Gasteiger partial charge in [0.25, 0.3) is 0 Å². The zero-order valence-electron chi connectivity index (χ0n) is 15.1. The van der Waals surface area contributed by atoms with Crippen LogP contribution in [0, 0.1) is 0 Å². The highest BCUT2D eigenvalue weighted by Gasteiger charge is 1.85. The molecule has 2 N–H and O–H groups in total. The minimum atomic E-state index is 0.487. The van der Waals surface area contributed by atoms with Gasteiger partial charge in [0.05, 0.1) is 6.61 Å². The first kappa shape index (κ1) is 2.40. The molecular formula is C7H19NO.